The highest BCUT2D eigenvalue weighted by molar-refractivity contribution is 6.11. The molecule has 0 aromatic rings. The van der Waals surface area contributed by atoms with Gasteiger partial charge in [0, 0.05) is 38.8 Å². The van der Waals surface area contributed by atoms with E-state index in [4.69, 9.17) is 20.6 Å². The number of allylic oxidation sites excluding steroid dienone is 3. The van der Waals surface area contributed by atoms with E-state index in [2.05, 4.69) is 22.9 Å². The second kappa shape index (κ2) is 12.1. The Morgan fingerprint density at radius 2 is 2.03 bits per heavy atom. The molecular weight excluding hydrogens is 418 g/mol. The van der Waals surface area contributed by atoms with E-state index in [1.54, 1.807) is 0 Å². The van der Waals surface area contributed by atoms with Gasteiger partial charge >= 0.3 is 0 Å². The number of aliphatic imine (C=N–C) groups is 1. The van der Waals surface area contributed by atoms with E-state index >= 15 is 0 Å². The summed E-state index contributed by atoms with van der Waals surface area (Å²) in [5.41, 5.74) is 7.46. The third-order valence-electron chi connectivity index (χ3n) is 6.29. The zero-order valence-corrected chi connectivity index (χ0v) is 20.3. The molecule has 2 aliphatic heterocycles. The average molecular weight is 458 g/mol. The van der Waals surface area contributed by atoms with Gasteiger partial charge in [0.15, 0.2) is 0 Å². The van der Waals surface area contributed by atoms with Gasteiger partial charge in [0.1, 0.15) is 11.9 Å². The van der Waals surface area contributed by atoms with Crippen molar-refractivity contribution >= 4 is 18.0 Å². The Bertz CT molecular complexity index is 816. The molecule has 8 heteroatoms. The fraction of sp³-hybridized carbons (Fsp3) is 0.640. The second-order valence-electron chi connectivity index (χ2n) is 9.14. The Balaban J connectivity index is 1.61. The third-order valence-corrected chi connectivity index (χ3v) is 6.29. The topological polar surface area (TPSA) is 104 Å². The first-order chi connectivity index (χ1) is 15.9. The van der Waals surface area contributed by atoms with Gasteiger partial charge in [-0.2, -0.15) is 0 Å². The first kappa shape index (κ1) is 25.2. The number of piperazine rings is 1. The maximum absolute atomic E-state index is 12.7. The van der Waals surface area contributed by atoms with Crippen LogP contribution in [-0.4, -0.2) is 78.8 Å². The molecule has 3 rings (SSSR count). The van der Waals surface area contributed by atoms with Crippen LogP contribution in [0.4, 0.5) is 0 Å². The Kier molecular flexibility index (Phi) is 9.26. The van der Waals surface area contributed by atoms with Gasteiger partial charge in [-0.15, -0.1) is 0 Å². The molecule has 8 nitrogen and oxygen atoms in total. The molecule has 3 aliphatic rings. The molecule has 0 aromatic heterocycles. The number of carbonyl (C=O) groups is 1. The minimum Gasteiger partial charge on any atom is -0.491 e. The molecule has 2 unspecified atom stereocenters. The van der Waals surface area contributed by atoms with Gasteiger partial charge in [0.05, 0.1) is 23.9 Å². The average Bonchev–Trinajstić information content (AvgIpc) is 2.83. The Morgan fingerprint density at radius 3 is 2.67 bits per heavy atom. The molecule has 0 aromatic carbocycles. The van der Waals surface area contributed by atoms with E-state index in [-0.39, 0.29) is 24.2 Å². The van der Waals surface area contributed by atoms with Gasteiger partial charge in [0.25, 0.3) is 5.91 Å². The van der Waals surface area contributed by atoms with Crippen molar-refractivity contribution in [2.24, 2.45) is 10.7 Å². The van der Waals surface area contributed by atoms with Crippen LogP contribution in [0, 0.1) is 5.41 Å². The number of ether oxygens (including phenoxy) is 2. The van der Waals surface area contributed by atoms with Crippen LogP contribution in [0.15, 0.2) is 40.2 Å². The number of carbonyl (C=O) groups excluding carboxylic acids is 1. The molecule has 0 saturated carbocycles. The first-order valence-corrected chi connectivity index (χ1v) is 12.2. The molecule has 1 aliphatic carbocycles. The highest BCUT2D eigenvalue weighted by atomic mass is 16.5. The fourth-order valence-corrected chi connectivity index (χ4v) is 4.48. The van der Waals surface area contributed by atoms with Crippen LogP contribution in [0.2, 0.25) is 0 Å². The Hall–Kier alpha value is -2.45. The summed E-state index contributed by atoms with van der Waals surface area (Å²) in [6, 6.07) is 0.0679. The van der Waals surface area contributed by atoms with Crippen LogP contribution < -0.4 is 5.73 Å². The standard InChI is InChI=1S/C25H39N5O3/c1-18(2)33-21-8-6-7-20(16-21)24(27)22(28-17-26)15-19(3)29-10-12-30(13-11-29)25(31)23-9-4-5-14-32-23/h8,15-19,23,27H,4-7,9-14H2,1-3H3,(H2,26,28)/b22-15-,27-24?. The number of nitrogens with zero attached hydrogens (tertiary/aromatic N) is 3. The van der Waals surface area contributed by atoms with Crippen molar-refractivity contribution in [3.8, 4) is 0 Å². The molecule has 0 spiro atoms. The first-order valence-electron chi connectivity index (χ1n) is 12.2. The molecule has 2 atom stereocenters. The van der Waals surface area contributed by atoms with Crippen LogP contribution in [-0.2, 0) is 14.3 Å². The van der Waals surface area contributed by atoms with Gasteiger partial charge < -0.3 is 20.1 Å². The SMILES string of the molecule is CC(C)OC1=CCCC(C(=N)/C(=C/C(C)N2CCN(C(=O)C3CCCCO3)CC2)N=CN)=C1. The van der Waals surface area contributed by atoms with E-state index < -0.39 is 0 Å². The number of hydrogen-bond acceptors (Lipinski definition) is 6. The predicted molar refractivity (Wildman–Crippen MR) is 131 cm³/mol. The summed E-state index contributed by atoms with van der Waals surface area (Å²) >= 11 is 0. The molecule has 0 bridgehead atoms. The van der Waals surface area contributed by atoms with Gasteiger partial charge in [-0.3, -0.25) is 15.1 Å². The van der Waals surface area contributed by atoms with Crippen LogP contribution in [0.25, 0.3) is 0 Å². The van der Waals surface area contributed by atoms with E-state index in [0.29, 0.717) is 31.1 Å². The number of hydrogen-bond donors (Lipinski definition) is 2. The van der Waals surface area contributed by atoms with Crippen LogP contribution >= 0.6 is 0 Å². The Labute approximate surface area is 197 Å². The summed E-state index contributed by atoms with van der Waals surface area (Å²) in [7, 11) is 0. The van der Waals surface area contributed by atoms with Crippen molar-refractivity contribution in [1.29, 1.82) is 5.41 Å². The largest absolute Gasteiger partial charge is 0.491 e. The fourth-order valence-electron chi connectivity index (χ4n) is 4.48. The molecule has 33 heavy (non-hydrogen) atoms. The predicted octanol–water partition coefficient (Wildman–Crippen LogP) is 3.01. The molecule has 3 N–H and O–H groups in total. The minimum atomic E-state index is -0.268. The molecule has 1 amide bonds. The molecule has 2 saturated heterocycles. The third kappa shape index (κ3) is 7.01. The number of nitrogens with one attached hydrogen (secondary N) is 1. The summed E-state index contributed by atoms with van der Waals surface area (Å²) in [6.45, 7) is 9.72. The zero-order valence-electron chi connectivity index (χ0n) is 20.3. The molecule has 2 heterocycles. The Morgan fingerprint density at radius 1 is 1.27 bits per heavy atom. The normalized spacial score (nSPS) is 23.9. The lowest BCUT2D eigenvalue weighted by molar-refractivity contribution is -0.148. The van der Waals surface area contributed by atoms with E-state index in [1.165, 1.54) is 6.34 Å². The number of amides is 1. The summed E-state index contributed by atoms with van der Waals surface area (Å²) in [5.74, 6) is 0.937. The van der Waals surface area contributed by atoms with Crippen molar-refractivity contribution in [2.75, 3.05) is 32.8 Å². The highest BCUT2D eigenvalue weighted by Crippen LogP contribution is 2.24. The quantitative estimate of drug-likeness (QED) is 0.431. The second-order valence-corrected chi connectivity index (χ2v) is 9.14. The lowest BCUT2D eigenvalue weighted by Crippen LogP contribution is -2.53. The summed E-state index contributed by atoms with van der Waals surface area (Å²) in [4.78, 5) is 21.3. The lowest BCUT2D eigenvalue weighted by Gasteiger charge is -2.39. The molecule has 2 fully saturated rings. The van der Waals surface area contributed by atoms with E-state index in [1.807, 2.05) is 30.9 Å². The van der Waals surface area contributed by atoms with Crippen molar-refractivity contribution in [2.45, 2.75) is 71.1 Å². The number of rotatable bonds is 8. The van der Waals surface area contributed by atoms with E-state index in [0.717, 1.165) is 56.5 Å². The monoisotopic (exact) mass is 457 g/mol. The summed E-state index contributed by atoms with van der Waals surface area (Å²) < 4.78 is 11.5. The summed E-state index contributed by atoms with van der Waals surface area (Å²) in [6.07, 6.45) is 11.6. The number of nitrogens with two attached hydrogens (primary N) is 1. The zero-order chi connectivity index (χ0) is 23.8. The van der Waals surface area contributed by atoms with Gasteiger partial charge in [-0.1, -0.05) is 0 Å². The smallest absolute Gasteiger partial charge is 0.251 e. The molecular formula is C25H39N5O3. The van der Waals surface area contributed by atoms with Crippen LogP contribution in [0.1, 0.15) is 52.9 Å². The van der Waals surface area contributed by atoms with Crippen molar-refractivity contribution in [3.63, 3.8) is 0 Å². The molecule has 0 radical (unpaired) electrons. The van der Waals surface area contributed by atoms with Crippen molar-refractivity contribution in [1.82, 2.24) is 9.80 Å². The van der Waals surface area contributed by atoms with Crippen molar-refractivity contribution < 1.29 is 14.3 Å². The van der Waals surface area contributed by atoms with Gasteiger partial charge in [-0.05, 0) is 76.7 Å². The van der Waals surface area contributed by atoms with Crippen molar-refractivity contribution in [3.05, 3.63) is 35.3 Å². The molecule has 182 valence electrons. The maximum Gasteiger partial charge on any atom is 0.251 e. The van der Waals surface area contributed by atoms with Gasteiger partial charge in [-0.25, -0.2) is 4.99 Å². The minimum absolute atomic E-state index is 0.0679. The van der Waals surface area contributed by atoms with Crippen LogP contribution in [0.5, 0.6) is 0 Å². The lowest BCUT2D eigenvalue weighted by atomic mass is 9.96. The summed E-state index contributed by atoms with van der Waals surface area (Å²) in [5, 5.41) is 8.75. The van der Waals surface area contributed by atoms with E-state index in [9.17, 15) is 4.79 Å². The highest BCUT2D eigenvalue weighted by Gasteiger charge is 2.30. The van der Waals surface area contributed by atoms with Crippen LogP contribution in [0.3, 0.4) is 0 Å². The maximum atomic E-state index is 12.7. The van der Waals surface area contributed by atoms with Gasteiger partial charge in [0.2, 0.25) is 0 Å².